The van der Waals surface area contributed by atoms with E-state index in [2.05, 4.69) is 0 Å². The predicted octanol–water partition coefficient (Wildman–Crippen LogP) is 4.72. The third kappa shape index (κ3) is 4.45. The van der Waals surface area contributed by atoms with Crippen LogP contribution < -0.4 is 10.5 Å². The zero-order chi connectivity index (χ0) is 14.7. The molecule has 0 spiro atoms. The third-order valence-corrected chi connectivity index (χ3v) is 3.06. The van der Waals surface area contributed by atoms with Crippen molar-refractivity contribution in [3.8, 4) is 16.9 Å². The van der Waals surface area contributed by atoms with Gasteiger partial charge in [0, 0.05) is 17.7 Å². The molecule has 0 amide bonds. The third-order valence-electron chi connectivity index (χ3n) is 3.06. The van der Waals surface area contributed by atoms with Crippen molar-refractivity contribution < 1.29 is 9.13 Å². The van der Waals surface area contributed by atoms with E-state index in [1.54, 1.807) is 12.1 Å². The van der Waals surface area contributed by atoms with Gasteiger partial charge in [-0.1, -0.05) is 24.3 Å². The van der Waals surface area contributed by atoms with Gasteiger partial charge in [0.15, 0.2) is 0 Å². The van der Waals surface area contributed by atoms with Crippen LogP contribution in [-0.2, 0) is 0 Å². The summed E-state index contributed by atoms with van der Waals surface area (Å²) >= 11 is 0. The molecule has 2 nitrogen and oxygen atoms in total. The Bertz CT molecular complexity index is 582. The number of nitrogens with two attached hydrogens (primary N) is 1. The molecule has 0 aliphatic heterocycles. The van der Waals surface area contributed by atoms with E-state index in [1.807, 2.05) is 45.0 Å². The van der Waals surface area contributed by atoms with E-state index in [4.69, 9.17) is 10.5 Å². The van der Waals surface area contributed by atoms with Crippen LogP contribution in [0.2, 0.25) is 0 Å². The van der Waals surface area contributed by atoms with Gasteiger partial charge < -0.3 is 10.5 Å². The first-order chi connectivity index (χ1) is 9.47. The minimum absolute atomic E-state index is 0. The Hall–Kier alpha value is -1.58. The fraction of sp³-hybridized carbons (Fsp3) is 0.294. The van der Waals surface area contributed by atoms with Crippen LogP contribution in [0.15, 0.2) is 42.5 Å². The van der Waals surface area contributed by atoms with Crippen molar-refractivity contribution in [2.75, 3.05) is 0 Å². The molecule has 0 aliphatic carbocycles. The van der Waals surface area contributed by atoms with Crippen molar-refractivity contribution >= 4 is 12.4 Å². The van der Waals surface area contributed by atoms with Crippen molar-refractivity contribution in [1.29, 1.82) is 0 Å². The highest BCUT2D eigenvalue weighted by atomic mass is 35.5. The first kappa shape index (κ1) is 17.5. The smallest absolute Gasteiger partial charge is 0.134 e. The number of hydrogen-bond acceptors (Lipinski definition) is 2. The lowest BCUT2D eigenvalue weighted by Crippen LogP contribution is -2.05. The minimum atomic E-state index is -0.281. The van der Waals surface area contributed by atoms with Gasteiger partial charge in [0.2, 0.25) is 0 Å². The maximum atomic E-state index is 14.1. The first-order valence-electron chi connectivity index (χ1n) is 6.79. The fourth-order valence-electron chi connectivity index (χ4n) is 2.04. The molecular weight excluding hydrogens is 289 g/mol. The minimum Gasteiger partial charge on any atom is -0.491 e. The van der Waals surface area contributed by atoms with Crippen LogP contribution in [-0.4, -0.2) is 6.10 Å². The molecule has 0 fully saturated rings. The largest absolute Gasteiger partial charge is 0.491 e. The van der Waals surface area contributed by atoms with Crippen molar-refractivity contribution in [3.63, 3.8) is 0 Å². The Labute approximate surface area is 131 Å². The summed E-state index contributed by atoms with van der Waals surface area (Å²) in [5, 5.41) is 0. The molecule has 2 rings (SSSR count). The van der Waals surface area contributed by atoms with Crippen molar-refractivity contribution in [2.45, 2.75) is 32.9 Å². The molecule has 1 unspecified atom stereocenters. The molecule has 1 atom stereocenters. The van der Waals surface area contributed by atoms with Crippen molar-refractivity contribution in [3.05, 3.63) is 53.8 Å². The highest BCUT2D eigenvalue weighted by Gasteiger charge is 2.08. The second kappa shape index (κ2) is 7.43. The van der Waals surface area contributed by atoms with Crippen LogP contribution in [0.3, 0.4) is 0 Å². The molecule has 4 heteroatoms. The second-order valence-corrected chi connectivity index (χ2v) is 5.22. The zero-order valence-corrected chi connectivity index (χ0v) is 13.3. The summed E-state index contributed by atoms with van der Waals surface area (Å²) in [4.78, 5) is 0. The first-order valence-corrected chi connectivity index (χ1v) is 6.79. The van der Waals surface area contributed by atoms with Crippen LogP contribution in [0.5, 0.6) is 5.75 Å². The Balaban J connectivity index is 0.00000220. The topological polar surface area (TPSA) is 35.2 Å². The van der Waals surface area contributed by atoms with E-state index in [0.29, 0.717) is 11.3 Å². The summed E-state index contributed by atoms with van der Waals surface area (Å²) in [6.45, 7) is 5.75. The van der Waals surface area contributed by atoms with Crippen molar-refractivity contribution in [2.24, 2.45) is 5.73 Å². The Morgan fingerprint density at radius 1 is 1.00 bits per heavy atom. The Morgan fingerprint density at radius 2 is 1.62 bits per heavy atom. The average Bonchev–Trinajstić information content (AvgIpc) is 2.38. The summed E-state index contributed by atoms with van der Waals surface area (Å²) in [5.74, 6) is 0.269. The van der Waals surface area contributed by atoms with Crippen LogP contribution in [0.1, 0.15) is 32.4 Å². The SMILES string of the molecule is CC(C)Oc1ccc(-c2ccc(C(C)N)cc2)c(F)c1.Cl. The lowest BCUT2D eigenvalue weighted by atomic mass is 10.0. The van der Waals surface area contributed by atoms with Gasteiger partial charge in [0.05, 0.1) is 6.10 Å². The van der Waals surface area contributed by atoms with E-state index in [1.165, 1.54) is 6.07 Å². The normalized spacial score (nSPS) is 11.9. The maximum absolute atomic E-state index is 14.1. The quantitative estimate of drug-likeness (QED) is 0.886. The number of halogens is 2. The van der Waals surface area contributed by atoms with E-state index < -0.39 is 0 Å². The lowest BCUT2D eigenvalue weighted by molar-refractivity contribution is 0.241. The average molecular weight is 310 g/mol. The molecule has 114 valence electrons. The molecule has 0 saturated carbocycles. The van der Waals surface area contributed by atoms with Gasteiger partial charge in [-0.2, -0.15) is 0 Å². The summed E-state index contributed by atoms with van der Waals surface area (Å²) in [7, 11) is 0. The van der Waals surface area contributed by atoms with E-state index in [9.17, 15) is 4.39 Å². The van der Waals surface area contributed by atoms with Crippen LogP contribution in [0.4, 0.5) is 4.39 Å². The van der Waals surface area contributed by atoms with E-state index in [0.717, 1.165) is 11.1 Å². The van der Waals surface area contributed by atoms with Gasteiger partial charge in [0.1, 0.15) is 11.6 Å². The number of hydrogen-bond donors (Lipinski definition) is 1. The zero-order valence-electron chi connectivity index (χ0n) is 12.5. The van der Waals surface area contributed by atoms with Crippen molar-refractivity contribution in [1.82, 2.24) is 0 Å². The molecule has 0 saturated heterocycles. The fourth-order valence-corrected chi connectivity index (χ4v) is 2.04. The van der Waals surface area contributed by atoms with Crippen LogP contribution >= 0.6 is 12.4 Å². The molecule has 0 aliphatic rings. The molecule has 2 aromatic rings. The molecule has 2 N–H and O–H groups in total. The standard InChI is InChI=1S/C17H20FNO.ClH/c1-11(2)20-15-8-9-16(17(18)10-15)14-6-4-13(5-7-14)12(3)19;/h4-12H,19H2,1-3H3;1H. The maximum Gasteiger partial charge on any atom is 0.134 e. The molecule has 0 radical (unpaired) electrons. The number of benzene rings is 2. The Kier molecular flexibility index (Phi) is 6.19. The molecule has 0 bridgehead atoms. The van der Waals surface area contributed by atoms with Gasteiger partial charge in [-0.05, 0) is 44.0 Å². The molecule has 21 heavy (non-hydrogen) atoms. The van der Waals surface area contributed by atoms with Gasteiger partial charge in [0.25, 0.3) is 0 Å². The Morgan fingerprint density at radius 3 is 2.10 bits per heavy atom. The summed E-state index contributed by atoms with van der Waals surface area (Å²) in [5.41, 5.74) is 8.25. The molecule has 0 heterocycles. The number of rotatable bonds is 4. The summed E-state index contributed by atoms with van der Waals surface area (Å²) < 4.78 is 19.6. The van der Waals surface area contributed by atoms with E-state index >= 15 is 0 Å². The molecule has 2 aromatic carbocycles. The van der Waals surface area contributed by atoms with Gasteiger partial charge in [-0.25, -0.2) is 4.39 Å². The highest BCUT2D eigenvalue weighted by Crippen LogP contribution is 2.27. The van der Waals surface area contributed by atoms with Gasteiger partial charge >= 0.3 is 0 Å². The summed E-state index contributed by atoms with van der Waals surface area (Å²) in [6, 6.07) is 12.6. The molecule has 0 aromatic heterocycles. The van der Waals surface area contributed by atoms with Crippen LogP contribution in [0.25, 0.3) is 11.1 Å². The predicted molar refractivity (Wildman–Crippen MR) is 87.5 cm³/mol. The van der Waals surface area contributed by atoms with Crippen LogP contribution in [0, 0.1) is 5.82 Å². The van der Waals surface area contributed by atoms with Gasteiger partial charge in [-0.3, -0.25) is 0 Å². The highest BCUT2D eigenvalue weighted by molar-refractivity contribution is 5.85. The van der Waals surface area contributed by atoms with Gasteiger partial charge in [-0.15, -0.1) is 12.4 Å². The summed E-state index contributed by atoms with van der Waals surface area (Å²) in [6.07, 6.45) is 0.0329. The number of ether oxygens (including phenoxy) is 1. The monoisotopic (exact) mass is 309 g/mol. The molecular formula is C17H21ClFNO. The van der Waals surface area contributed by atoms with E-state index in [-0.39, 0.29) is 30.4 Å². The lowest BCUT2D eigenvalue weighted by Gasteiger charge is -2.12. The second-order valence-electron chi connectivity index (χ2n) is 5.22.